The molecule has 1 heterocycles. The molecule has 1 N–H and O–H groups in total. The SMILES string of the molecule is CC1CC(Nc2cc(C(=O)N(C)C)ccc2Cl)CCO1. The monoisotopic (exact) mass is 296 g/mol. The molecule has 2 rings (SSSR count). The lowest BCUT2D eigenvalue weighted by Gasteiger charge is -2.29. The highest BCUT2D eigenvalue weighted by molar-refractivity contribution is 6.33. The standard InChI is InChI=1S/C15H21ClN2O2/c1-10-8-12(6-7-20-10)17-14-9-11(4-5-13(14)16)15(19)18(2)3/h4-5,9-10,12,17H,6-8H2,1-3H3. The minimum atomic E-state index is -0.0231. The van der Waals surface area contributed by atoms with Crippen LogP contribution in [0.25, 0.3) is 0 Å². The molecule has 1 aliphatic rings. The molecule has 0 aromatic heterocycles. The molecule has 1 fully saturated rings. The van der Waals surface area contributed by atoms with Crippen molar-refractivity contribution in [3.63, 3.8) is 0 Å². The fourth-order valence-electron chi connectivity index (χ4n) is 2.38. The first-order valence-corrected chi connectivity index (χ1v) is 7.24. The maximum absolute atomic E-state index is 12.0. The third-order valence-electron chi connectivity index (χ3n) is 3.46. The summed E-state index contributed by atoms with van der Waals surface area (Å²) in [7, 11) is 3.48. The molecule has 5 heteroatoms. The van der Waals surface area contributed by atoms with Crippen molar-refractivity contribution in [3.05, 3.63) is 28.8 Å². The average Bonchev–Trinajstić information content (AvgIpc) is 2.40. The molecule has 0 aliphatic carbocycles. The molecule has 110 valence electrons. The van der Waals surface area contributed by atoms with Crippen LogP contribution in [-0.4, -0.2) is 43.7 Å². The minimum Gasteiger partial charge on any atom is -0.381 e. The number of carbonyl (C=O) groups excluding carboxylic acids is 1. The van der Waals surface area contributed by atoms with Gasteiger partial charge in [0, 0.05) is 32.3 Å². The Kier molecular flexibility index (Phi) is 4.89. The lowest BCUT2D eigenvalue weighted by molar-refractivity contribution is 0.0232. The van der Waals surface area contributed by atoms with Gasteiger partial charge in [-0.1, -0.05) is 11.6 Å². The number of rotatable bonds is 3. The van der Waals surface area contributed by atoms with Gasteiger partial charge in [0.2, 0.25) is 0 Å². The number of carbonyl (C=O) groups is 1. The second-order valence-corrected chi connectivity index (χ2v) is 5.85. The van der Waals surface area contributed by atoms with Crippen LogP contribution in [0.4, 0.5) is 5.69 Å². The number of nitrogens with one attached hydrogen (secondary N) is 1. The second-order valence-electron chi connectivity index (χ2n) is 5.44. The van der Waals surface area contributed by atoms with Gasteiger partial charge in [-0.05, 0) is 38.0 Å². The summed E-state index contributed by atoms with van der Waals surface area (Å²) in [5.74, 6) is -0.0231. The van der Waals surface area contributed by atoms with Crippen LogP contribution in [0.5, 0.6) is 0 Å². The van der Waals surface area contributed by atoms with Crippen LogP contribution in [0.3, 0.4) is 0 Å². The minimum absolute atomic E-state index is 0.0231. The summed E-state index contributed by atoms with van der Waals surface area (Å²) >= 11 is 6.22. The Bertz CT molecular complexity index is 491. The number of ether oxygens (including phenoxy) is 1. The molecule has 1 aromatic rings. The Balaban J connectivity index is 2.14. The summed E-state index contributed by atoms with van der Waals surface area (Å²) in [4.78, 5) is 13.5. The summed E-state index contributed by atoms with van der Waals surface area (Å²) in [6.07, 6.45) is 2.15. The summed E-state index contributed by atoms with van der Waals surface area (Å²) in [6.45, 7) is 2.83. The smallest absolute Gasteiger partial charge is 0.253 e. The van der Waals surface area contributed by atoms with Gasteiger partial charge in [-0.2, -0.15) is 0 Å². The second kappa shape index (κ2) is 6.46. The van der Waals surface area contributed by atoms with E-state index in [1.165, 1.54) is 0 Å². The van der Waals surface area contributed by atoms with E-state index in [9.17, 15) is 4.79 Å². The van der Waals surface area contributed by atoms with Gasteiger partial charge in [0.25, 0.3) is 5.91 Å². The van der Waals surface area contributed by atoms with Crippen LogP contribution in [0.15, 0.2) is 18.2 Å². The van der Waals surface area contributed by atoms with Crippen molar-refractivity contribution in [2.45, 2.75) is 31.9 Å². The molecule has 2 atom stereocenters. The number of hydrogen-bond donors (Lipinski definition) is 1. The molecule has 0 spiro atoms. The Morgan fingerprint density at radius 1 is 1.45 bits per heavy atom. The van der Waals surface area contributed by atoms with Crippen LogP contribution in [-0.2, 0) is 4.74 Å². The van der Waals surface area contributed by atoms with Crippen molar-refractivity contribution >= 4 is 23.2 Å². The first-order chi connectivity index (χ1) is 9.47. The predicted molar refractivity (Wildman–Crippen MR) is 81.5 cm³/mol. The number of benzene rings is 1. The average molecular weight is 297 g/mol. The maximum Gasteiger partial charge on any atom is 0.253 e. The Morgan fingerprint density at radius 3 is 2.85 bits per heavy atom. The topological polar surface area (TPSA) is 41.6 Å². The molecular weight excluding hydrogens is 276 g/mol. The van der Waals surface area contributed by atoms with Crippen molar-refractivity contribution in [2.75, 3.05) is 26.0 Å². The van der Waals surface area contributed by atoms with E-state index in [4.69, 9.17) is 16.3 Å². The highest BCUT2D eigenvalue weighted by Crippen LogP contribution is 2.27. The predicted octanol–water partition coefficient (Wildman–Crippen LogP) is 3.02. The molecule has 20 heavy (non-hydrogen) atoms. The van der Waals surface area contributed by atoms with Gasteiger partial charge in [-0.25, -0.2) is 0 Å². The normalized spacial score (nSPS) is 22.4. The van der Waals surface area contributed by atoms with Gasteiger partial charge < -0.3 is 15.0 Å². The summed E-state index contributed by atoms with van der Waals surface area (Å²) < 4.78 is 5.54. The molecule has 0 bridgehead atoms. The van der Waals surface area contributed by atoms with E-state index >= 15 is 0 Å². The zero-order valence-electron chi connectivity index (χ0n) is 12.1. The zero-order valence-corrected chi connectivity index (χ0v) is 12.9. The van der Waals surface area contributed by atoms with E-state index in [-0.39, 0.29) is 12.0 Å². The van der Waals surface area contributed by atoms with E-state index in [1.807, 2.05) is 6.07 Å². The van der Waals surface area contributed by atoms with Gasteiger partial charge in [0.1, 0.15) is 0 Å². The summed E-state index contributed by atoms with van der Waals surface area (Å²) in [5.41, 5.74) is 1.46. The van der Waals surface area contributed by atoms with E-state index in [0.29, 0.717) is 16.6 Å². The number of halogens is 1. The molecule has 4 nitrogen and oxygen atoms in total. The van der Waals surface area contributed by atoms with Gasteiger partial charge in [-0.15, -0.1) is 0 Å². The van der Waals surface area contributed by atoms with Crippen molar-refractivity contribution in [2.24, 2.45) is 0 Å². The number of hydrogen-bond acceptors (Lipinski definition) is 3. The fraction of sp³-hybridized carbons (Fsp3) is 0.533. The lowest BCUT2D eigenvalue weighted by Crippen LogP contribution is -2.32. The Morgan fingerprint density at radius 2 is 2.20 bits per heavy atom. The third kappa shape index (κ3) is 3.64. The Hall–Kier alpha value is -1.26. The van der Waals surface area contributed by atoms with Crippen molar-refractivity contribution < 1.29 is 9.53 Å². The van der Waals surface area contributed by atoms with E-state index < -0.39 is 0 Å². The Labute approximate surface area is 125 Å². The van der Waals surface area contributed by atoms with E-state index in [0.717, 1.165) is 25.1 Å². The fourth-order valence-corrected chi connectivity index (χ4v) is 2.55. The highest BCUT2D eigenvalue weighted by Gasteiger charge is 2.20. The molecule has 0 radical (unpaired) electrons. The quantitative estimate of drug-likeness (QED) is 0.932. The van der Waals surface area contributed by atoms with Gasteiger partial charge in [-0.3, -0.25) is 4.79 Å². The molecule has 1 saturated heterocycles. The number of amides is 1. The maximum atomic E-state index is 12.0. The zero-order chi connectivity index (χ0) is 14.7. The summed E-state index contributed by atoms with van der Waals surface area (Å²) in [5, 5.41) is 4.07. The van der Waals surface area contributed by atoms with Crippen molar-refractivity contribution in [3.8, 4) is 0 Å². The third-order valence-corrected chi connectivity index (χ3v) is 3.79. The van der Waals surface area contributed by atoms with Crippen LogP contribution < -0.4 is 5.32 Å². The molecule has 1 aromatic carbocycles. The molecule has 0 saturated carbocycles. The summed E-state index contributed by atoms with van der Waals surface area (Å²) in [6, 6.07) is 5.68. The van der Waals surface area contributed by atoms with Crippen LogP contribution in [0, 0.1) is 0 Å². The first-order valence-electron chi connectivity index (χ1n) is 6.86. The van der Waals surface area contributed by atoms with Crippen molar-refractivity contribution in [1.82, 2.24) is 4.90 Å². The van der Waals surface area contributed by atoms with Crippen molar-refractivity contribution in [1.29, 1.82) is 0 Å². The van der Waals surface area contributed by atoms with E-state index in [1.54, 1.807) is 31.1 Å². The molecule has 1 aliphatic heterocycles. The van der Waals surface area contributed by atoms with Crippen LogP contribution in [0.2, 0.25) is 5.02 Å². The highest BCUT2D eigenvalue weighted by atomic mass is 35.5. The van der Waals surface area contributed by atoms with Crippen LogP contribution in [0.1, 0.15) is 30.1 Å². The molecular formula is C15H21ClN2O2. The largest absolute Gasteiger partial charge is 0.381 e. The molecule has 2 unspecified atom stereocenters. The number of anilines is 1. The van der Waals surface area contributed by atoms with Gasteiger partial charge in [0.15, 0.2) is 0 Å². The van der Waals surface area contributed by atoms with Gasteiger partial charge in [0.05, 0.1) is 16.8 Å². The molecule has 1 amide bonds. The van der Waals surface area contributed by atoms with E-state index in [2.05, 4.69) is 12.2 Å². The number of nitrogens with zero attached hydrogens (tertiary/aromatic N) is 1. The van der Waals surface area contributed by atoms with Gasteiger partial charge >= 0.3 is 0 Å². The lowest BCUT2D eigenvalue weighted by atomic mass is 10.0. The first kappa shape index (κ1) is 15.1. The van der Waals surface area contributed by atoms with Crippen LogP contribution >= 0.6 is 11.6 Å².